The van der Waals surface area contributed by atoms with Gasteiger partial charge in [0, 0.05) is 5.69 Å². The minimum Gasteiger partial charge on any atom is -0.298 e. The van der Waals surface area contributed by atoms with Crippen molar-refractivity contribution in [3.8, 4) is 0 Å². The van der Waals surface area contributed by atoms with E-state index < -0.39 is 0 Å². The predicted octanol–water partition coefficient (Wildman–Crippen LogP) is 3.32. The molecule has 0 fully saturated rings. The van der Waals surface area contributed by atoms with Gasteiger partial charge < -0.3 is 0 Å². The highest BCUT2D eigenvalue weighted by atomic mass is 19.1. The Hall–Kier alpha value is -1.97. The Morgan fingerprint density at radius 2 is 2.05 bits per heavy atom. The molecule has 0 spiro atoms. The monoisotopic (exact) mass is 274 g/mol. The maximum absolute atomic E-state index is 13.4. The summed E-state index contributed by atoms with van der Waals surface area (Å²) < 4.78 is 15.2. The van der Waals surface area contributed by atoms with Gasteiger partial charge >= 0.3 is 0 Å². The van der Waals surface area contributed by atoms with Gasteiger partial charge in [-0.2, -0.15) is 5.10 Å². The van der Waals surface area contributed by atoms with Gasteiger partial charge in [-0.05, 0) is 43.0 Å². The van der Waals surface area contributed by atoms with Crippen molar-refractivity contribution in [1.29, 1.82) is 0 Å². The van der Waals surface area contributed by atoms with Gasteiger partial charge in [-0.3, -0.25) is 9.48 Å². The average Bonchev–Trinajstić information content (AvgIpc) is 2.79. The van der Waals surface area contributed by atoms with Crippen molar-refractivity contribution in [1.82, 2.24) is 9.78 Å². The molecule has 1 heterocycles. The van der Waals surface area contributed by atoms with E-state index in [9.17, 15) is 9.18 Å². The van der Waals surface area contributed by atoms with Crippen LogP contribution in [0.15, 0.2) is 18.2 Å². The summed E-state index contributed by atoms with van der Waals surface area (Å²) >= 11 is 0. The van der Waals surface area contributed by atoms with E-state index in [1.807, 2.05) is 25.5 Å². The van der Waals surface area contributed by atoms with E-state index in [2.05, 4.69) is 5.10 Å². The summed E-state index contributed by atoms with van der Waals surface area (Å²) in [6, 6.07) is 4.75. The SMILES string of the molecule is CCc1nn(Cc2cc(F)ccc2C)c(CC)c1C=O. The molecule has 3 nitrogen and oxygen atoms in total. The summed E-state index contributed by atoms with van der Waals surface area (Å²) in [6.45, 7) is 6.42. The van der Waals surface area contributed by atoms with Gasteiger partial charge in [0.25, 0.3) is 0 Å². The molecule has 0 bridgehead atoms. The van der Waals surface area contributed by atoms with E-state index in [0.29, 0.717) is 12.1 Å². The van der Waals surface area contributed by atoms with E-state index in [1.54, 1.807) is 6.07 Å². The van der Waals surface area contributed by atoms with Crippen LogP contribution in [0.4, 0.5) is 4.39 Å². The molecule has 0 amide bonds. The molecular formula is C16H19FN2O. The lowest BCUT2D eigenvalue weighted by Gasteiger charge is -2.09. The van der Waals surface area contributed by atoms with Crippen LogP contribution >= 0.6 is 0 Å². The standard InChI is InChI=1S/C16H19FN2O/c1-4-15-14(10-20)16(5-2)19(18-15)9-12-8-13(17)7-6-11(12)3/h6-8,10H,4-5,9H2,1-3H3. The van der Waals surface area contributed by atoms with Crippen molar-refractivity contribution < 1.29 is 9.18 Å². The van der Waals surface area contributed by atoms with Crippen LogP contribution in [0.2, 0.25) is 0 Å². The molecule has 0 aliphatic heterocycles. The highest BCUT2D eigenvalue weighted by molar-refractivity contribution is 5.78. The molecule has 0 aliphatic rings. The summed E-state index contributed by atoms with van der Waals surface area (Å²) in [4.78, 5) is 11.2. The largest absolute Gasteiger partial charge is 0.298 e. The second-order valence-corrected chi connectivity index (χ2v) is 4.86. The molecule has 0 saturated heterocycles. The highest BCUT2D eigenvalue weighted by Gasteiger charge is 2.15. The first-order chi connectivity index (χ1) is 9.60. The van der Waals surface area contributed by atoms with Crippen LogP contribution in [0.25, 0.3) is 0 Å². The van der Waals surface area contributed by atoms with Crippen LogP contribution in [0.5, 0.6) is 0 Å². The minimum atomic E-state index is -0.248. The van der Waals surface area contributed by atoms with Crippen LogP contribution < -0.4 is 0 Å². The Labute approximate surface area is 118 Å². The molecule has 1 aromatic carbocycles. The summed E-state index contributed by atoms with van der Waals surface area (Å²) in [6.07, 6.45) is 2.32. The third kappa shape index (κ3) is 2.64. The lowest BCUT2D eigenvalue weighted by atomic mass is 10.1. The molecule has 106 valence electrons. The topological polar surface area (TPSA) is 34.9 Å². The van der Waals surface area contributed by atoms with Gasteiger partial charge in [0.15, 0.2) is 6.29 Å². The van der Waals surface area contributed by atoms with Crippen molar-refractivity contribution in [3.63, 3.8) is 0 Å². The van der Waals surface area contributed by atoms with Gasteiger partial charge in [-0.25, -0.2) is 4.39 Å². The van der Waals surface area contributed by atoms with Crippen LogP contribution in [-0.2, 0) is 19.4 Å². The van der Waals surface area contributed by atoms with Crippen LogP contribution in [0.3, 0.4) is 0 Å². The molecule has 0 N–H and O–H groups in total. The first-order valence-corrected chi connectivity index (χ1v) is 6.89. The fourth-order valence-electron chi connectivity index (χ4n) is 2.44. The zero-order chi connectivity index (χ0) is 14.7. The van der Waals surface area contributed by atoms with E-state index in [1.165, 1.54) is 12.1 Å². The van der Waals surface area contributed by atoms with Gasteiger partial charge in [-0.1, -0.05) is 19.9 Å². The Balaban J connectivity index is 2.45. The smallest absolute Gasteiger partial charge is 0.153 e. The summed E-state index contributed by atoms with van der Waals surface area (Å²) in [5.41, 5.74) is 4.33. The Morgan fingerprint density at radius 1 is 1.30 bits per heavy atom. The van der Waals surface area contributed by atoms with E-state index in [4.69, 9.17) is 0 Å². The first kappa shape index (κ1) is 14.4. The third-order valence-corrected chi connectivity index (χ3v) is 3.59. The van der Waals surface area contributed by atoms with Crippen molar-refractivity contribution in [2.24, 2.45) is 0 Å². The molecule has 1 aromatic heterocycles. The fourth-order valence-corrected chi connectivity index (χ4v) is 2.44. The van der Waals surface area contributed by atoms with Crippen LogP contribution in [-0.4, -0.2) is 16.1 Å². The number of hydrogen-bond acceptors (Lipinski definition) is 2. The summed E-state index contributed by atoms with van der Waals surface area (Å²) in [7, 11) is 0. The number of halogens is 1. The van der Waals surface area contributed by atoms with Crippen LogP contribution in [0, 0.1) is 12.7 Å². The number of carbonyl (C=O) groups excluding carboxylic acids is 1. The maximum atomic E-state index is 13.4. The summed E-state index contributed by atoms with van der Waals surface area (Å²) in [5.74, 6) is -0.248. The maximum Gasteiger partial charge on any atom is 0.153 e. The molecule has 0 aliphatic carbocycles. The number of aromatic nitrogens is 2. The predicted molar refractivity (Wildman–Crippen MR) is 76.6 cm³/mol. The van der Waals surface area contributed by atoms with Crippen molar-refractivity contribution in [3.05, 3.63) is 52.1 Å². The highest BCUT2D eigenvalue weighted by Crippen LogP contribution is 2.18. The molecule has 2 rings (SSSR count). The van der Waals surface area contributed by atoms with Crippen molar-refractivity contribution in [2.45, 2.75) is 40.2 Å². The van der Waals surface area contributed by atoms with Gasteiger partial charge in [0.2, 0.25) is 0 Å². The first-order valence-electron chi connectivity index (χ1n) is 6.89. The molecule has 0 saturated carbocycles. The molecule has 0 unspecified atom stereocenters. The molecule has 0 atom stereocenters. The summed E-state index contributed by atoms with van der Waals surface area (Å²) in [5, 5.41) is 4.50. The number of carbonyl (C=O) groups is 1. The van der Waals surface area contributed by atoms with Gasteiger partial charge in [0.05, 0.1) is 17.8 Å². The molecule has 2 aromatic rings. The van der Waals surface area contributed by atoms with Crippen LogP contribution in [0.1, 0.15) is 46.7 Å². The van der Waals surface area contributed by atoms with E-state index in [-0.39, 0.29) is 5.82 Å². The number of aldehydes is 1. The second-order valence-electron chi connectivity index (χ2n) is 4.86. The minimum absolute atomic E-state index is 0.248. The number of rotatable bonds is 5. The lowest BCUT2D eigenvalue weighted by Crippen LogP contribution is -2.08. The van der Waals surface area contributed by atoms with Gasteiger partial charge in [0.1, 0.15) is 5.82 Å². The van der Waals surface area contributed by atoms with Gasteiger partial charge in [-0.15, -0.1) is 0 Å². The molecule has 20 heavy (non-hydrogen) atoms. The Morgan fingerprint density at radius 3 is 2.65 bits per heavy atom. The van der Waals surface area contributed by atoms with Crippen molar-refractivity contribution >= 4 is 6.29 Å². The number of aryl methyl sites for hydroxylation is 2. The quantitative estimate of drug-likeness (QED) is 0.784. The third-order valence-electron chi connectivity index (χ3n) is 3.59. The Kier molecular flexibility index (Phi) is 4.32. The van der Waals surface area contributed by atoms with Crippen molar-refractivity contribution in [2.75, 3.05) is 0 Å². The number of nitrogens with zero attached hydrogens (tertiary/aromatic N) is 2. The number of hydrogen-bond donors (Lipinski definition) is 0. The van der Waals surface area contributed by atoms with E-state index in [0.717, 1.165) is 41.6 Å². The molecule has 0 radical (unpaired) electrons. The fraction of sp³-hybridized carbons (Fsp3) is 0.375. The molecule has 4 heteroatoms. The normalized spacial score (nSPS) is 10.8. The Bertz CT molecular complexity index is 632. The lowest BCUT2D eigenvalue weighted by molar-refractivity contribution is 0.112. The zero-order valence-corrected chi connectivity index (χ0v) is 12.1. The average molecular weight is 274 g/mol. The molecular weight excluding hydrogens is 255 g/mol. The zero-order valence-electron chi connectivity index (χ0n) is 12.1. The number of benzene rings is 1. The van der Waals surface area contributed by atoms with E-state index >= 15 is 0 Å². The second kappa shape index (κ2) is 5.99.